The number of carbonyl (C=O) groups is 1. The van der Waals surface area contributed by atoms with Crippen LogP contribution in [-0.2, 0) is 13.0 Å². The molecule has 5 N–H and O–H groups in total. The second kappa shape index (κ2) is 11.9. The zero-order chi connectivity index (χ0) is 25.8. The molecule has 0 radical (unpaired) electrons. The van der Waals surface area contributed by atoms with E-state index in [2.05, 4.69) is 37.7 Å². The first-order chi connectivity index (χ1) is 17.3. The van der Waals surface area contributed by atoms with E-state index in [1.807, 2.05) is 12.1 Å². The normalized spacial score (nSPS) is 20.1. The fourth-order valence-electron chi connectivity index (χ4n) is 5.46. The van der Waals surface area contributed by atoms with Gasteiger partial charge in [-0.1, -0.05) is 36.2 Å². The fourth-order valence-corrected chi connectivity index (χ4v) is 5.90. The first-order valence-corrected chi connectivity index (χ1v) is 13.3. The molecule has 1 atom stereocenters. The van der Waals surface area contributed by atoms with E-state index < -0.39 is 5.91 Å². The summed E-state index contributed by atoms with van der Waals surface area (Å²) in [5, 5.41) is 10.3. The zero-order valence-corrected chi connectivity index (χ0v) is 22.2. The van der Waals surface area contributed by atoms with Gasteiger partial charge in [0.05, 0.1) is 0 Å². The summed E-state index contributed by atoms with van der Waals surface area (Å²) in [5.41, 5.74) is 13.5. The van der Waals surface area contributed by atoms with E-state index in [4.69, 9.17) is 34.7 Å². The van der Waals surface area contributed by atoms with Gasteiger partial charge in [0.2, 0.25) is 0 Å². The third-order valence-electron chi connectivity index (χ3n) is 7.37. The predicted molar refractivity (Wildman–Crippen MR) is 144 cm³/mol. The average molecular weight is 537 g/mol. The molecule has 36 heavy (non-hydrogen) atoms. The Hall–Kier alpha value is -2.17. The standard InChI is InChI=1S/C25H35Cl2N7O2/c1-2-19-15-33(25-22(27)30-21(24(29)36)23(28)31-25)10-11-34(19)20-5-8-32(9-6-20)14-17-3-4-18(26)13-16(17)7-12-35/h3-4,13,19-20,35H,2,5-12,14-15H2,1H3,(H2,28,31)(H2,29,36)/t19-/m0/s1. The molecule has 0 spiro atoms. The van der Waals surface area contributed by atoms with Crippen molar-refractivity contribution in [1.29, 1.82) is 0 Å². The van der Waals surface area contributed by atoms with Gasteiger partial charge in [-0.25, -0.2) is 9.97 Å². The molecule has 11 heteroatoms. The number of hydrogen-bond donors (Lipinski definition) is 3. The van der Waals surface area contributed by atoms with Crippen LogP contribution in [0.25, 0.3) is 0 Å². The van der Waals surface area contributed by atoms with Gasteiger partial charge in [0.1, 0.15) is 0 Å². The summed E-state index contributed by atoms with van der Waals surface area (Å²) in [6, 6.07) is 6.87. The Kier molecular flexibility index (Phi) is 8.90. The summed E-state index contributed by atoms with van der Waals surface area (Å²) in [7, 11) is 0. The Morgan fingerprint density at radius 3 is 2.56 bits per heavy atom. The van der Waals surface area contributed by atoms with E-state index in [-0.39, 0.29) is 23.3 Å². The van der Waals surface area contributed by atoms with Crippen molar-refractivity contribution in [2.45, 2.75) is 51.2 Å². The van der Waals surface area contributed by atoms with Gasteiger partial charge in [0.25, 0.3) is 5.91 Å². The van der Waals surface area contributed by atoms with Gasteiger partial charge >= 0.3 is 0 Å². The van der Waals surface area contributed by atoms with Gasteiger partial charge in [-0.05, 0) is 62.0 Å². The van der Waals surface area contributed by atoms with Crippen molar-refractivity contribution in [3.63, 3.8) is 0 Å². The second-order valence-electron chi connectivity index (χ2n) is 9.58. The highest BCUT2D eigenvalue weighted by Crippen LogP contribution is 2.30. The lowest BCUT2D eigenvalue weighted by atomic mass is 9.97. The molecule has 1 aromatic carbocycles. The second-order valence-corrected chi connectivity index (χ2v) is 10.4. The number of aliphatic hydroxyl groups is 1. The van der Waals surface area contributed by atoms with Crippen molar-refractivity contribution < 1.29 is 9.90 Å². The molecule has 2 aromatic rings. The van der Waals surface area contributed by atoms with Crippen LogP contribution in [0, 0.1) is 0 Å². The van der Waals surface area contributed by atoms with Crippen molar-refractivity contribution in [1.82, 2.24) is 19.8 Å². The van der Waals surface area contributed by atoms with Crippen molar-refractivity contribution in [2.24, 2.45) is 5.73 Å². The highest BCUT2D eigenvalue weighted by atomic mass is 35.5. The zero-order valence-electron chi connectivity index (χ0n) is 20.7. The topological polar surface area (TPSA) is 125 Å². The number of likely N-dealkylation sites (tertiary alicyclic amines) is 1. The van der Waals surface area contributed by atoms with Crippen LogP contribution in [-0.4, -0.2) is 82.2 Å². The average Bonchev–Trinajstić information content (AvgIpc) is 2.87. The number of piperidine rings is 1. The van der Waals surface area contributed by atoms with Gasteiger partial charge < -0.3 is 21.5 Å². The Morgan fingerprint density at radius 2 is 1.89 bits per heavy atom. The molecule has 0 bridgehead atoms. The number of benzene rings is 1. The molecule has 4 rings (SSSR count). The molecule has 2 saturated heterocycles. The monoisotopic (exact) mass is 535 g/mol. The third kappa shape index (κ3) is 6.03. The van der Waals surface area contributed by atoms with Gasteiger partial charge in [-0.2, -0.15) is 0 Å². The molecule has 9 nitrogen and oxygen atoms in total. The lowest BCUT2D eigenvalue weighted by Crippen LogP contribution is -2.58. The molecule has 0 unspecified atom stereocenters. The molecule has 0 saturated carbocycles. The fraction of sp³-hybridized carbons (Fsp3) is 0.560. The molecule has 1 aromatic heterocycles. The number of hydrogen-bond acceptors (Lipinski definition) is 8. The number of nitrogen functional groups attached to an aromatic ring is 1. The number of aromatic nitrogens is 2. The highest BCUT2D eigenvalue weighted by Gasteiger charge is 2.34. The van der Waals surface area contributed by atoms with Crippen molar-refractivity contribution in [3.05, 3.63) is 45.2 Å². The lowest BCUT2D eigenvalue weighted by molar-refractivity contribution is 0.0609. The van der Waals surface area contributed by atoms with E-state index in [0.29, 0.717) is 29.3 Å². The molecule has 1 amide bonds. The maximum Gasteiger partial charge on any atom is 0.271 e. The first kappa shape index (κ1) is 26.9. The van der Waals surface area contributed by atoms with E-state index >= 15 is 0 Å². The van der Waals surface area contributed by atoms with Gasteiger partial charge in [-0.15, -0.1) is 0 Å². The number of nitrogens with two attached hydrogens (primary N) is 2. The maximum absolute atomic E-state index is 11.5. The number of carbonyl (C=O) groups excluding carboxylic acids is 1. The van der Waals surface area contributed by atoms with Crippen LogP contribution in [0.5, 0.6) is 0 Å². The summed E-state index contributed by atoms with van der Waals surface area (Å²) in [6.07, 6.45) is 3.85. The molecule has 2 aliphatic rings. The van der Waals surface area contributed by atoms with Gasteiger partial charge in [0, 0.05) is 49.9 Å². The van der Waals surface area contributed by atoms with Crippen LogP contribution in [0.3, 0.4) is 0 Å². The number of nitrogens with zero attached hydrogens (tertiary/aromatic N) is 5. The smallest absolute Gasteiger partial charge is 0.271 e. The Labute approximate surface area is 222 Å². The Balaban J connectivity index is 1.37. The van der Waals surface area contributed by atoms with Crippen molar-refractivity contribution >= 4 is 40.7 Å². The summed E-state index contributed by atoms with van der Waals surface area (Å²) >= 11 is 12.5. The summed E-state index contributed by atoms with van der Waals surface area (Å²) in [6.45, 7) is 7.71. The number of primary amides is 1. The Morgan fingerprint density at radius 1 is 1.14 bits per heavy atom. The molecular formula is C25H35Cl2N7O2. The maximum atomic E-state index is 11.5. The molecule has 3 heterocycles. The number of piperazine rings is 1. The van der Waals surface area contributed by atoms with E-state index in [9.17, 15) is 9.90 Å². The van der Waals surface area contributed by atoms with Gasteiger partial charge in [-0.3, -0.25) is 14.6 Å². The minimum atomic E-state index is -0.739. The molecule has 196 valence electrons. The third-order valence-corrected chi connectivity index (χ3v) is 7.85. The molecule has 2 aliphatic heterocycles. The number of aliphatic hydroxyl groups excluding tert-OH is 1. The van der Waals surface area contributed by atoms with Gasteiger partial charge in [0.15, 0.2) is 22.5 Å². The van der Waals surface area contributed by atoms with E-state index in [1.54, 1.807) is 0 Å². The van der Waals surface area contributed by atoms with Crippen molar-refractivity contribution in [2.75, 3.05) is 50.0 Å². The van der Waals surface area contributed by atoms with Crippen LogP contribution >= 0.6 is 23.2 Å². The Bertz CT molecular complexity index is 1080. The first-order valence-electron chi connectivity index (χ1n) is 12.5. The molecule has 0 aliphatic carbocycles. The molecule has 2 fully saturated rings. The van der Waals surface area contributed by atoms with E-state index in [1.165, 1.54) is 5.56 Å². The van der Waals surface area contributed by atoms with Crippen LogP contribution < -0.4 is 16.4 Å². The SMILES string of the molecule is CC[C@H]1CN(c2nc(N)c(C(N)=O)nc2Cl)CCN1C1CCN(Cc2ccc(Cl)cc2CCO)CC1. The largest absolute Gasteiger partial charge is 0.396 e. The lowest BCUT2D eigenvalue weighted by Gasteiger charge is -2.47. The van der Waals surface area contributed by atoms with Crippen LogP contribution in [0.1, 0.15) is 47.8 Å². The van der Waals surface area contributed by atoms with Crippen LogP contribution in [0.2, 0.25) is 10.2 Å². The van der Waals surface area contributed by atoms with Crippen molar-refractivity contribution in [3.8, 4) is 0 Å². The number of rotatable bonds is 8. The minimum Gasteiger partial charge on any atom is -0.396 e. The summed E-state index contributed by atoms with van der Waals surface area (Å²) < 4.78 is 0. The van der Waals surface area contributed by atoms with Crippen LogP contribution in [0.15, 0.2) is 18.2 Å². The van der Waals surface area contributed by atoms with E-state index in [0.717, 1.165) is 64.1 Å². The van der Waals surface area contributed by atoms with Crippen LogP contribution in [0.4, 0.5) is 11.6 Å². The quantitative estimate of drug-likeness (QED) is 0.470. The summed E-state index contributed by atoms with van der Waals surface area (Å²) in [4.78, 5) is 27.2. The summed E-state index contributed by atoms with van der Waals surface area (Å²) in [5.74, 6) is -0.224. The highest BCUT2D eigenvalue weighted by molar-refractivity contribution is 6.32. The number of amides is 1. The molecular weight excluding hydrogens is 501 g/mol. The minimum absolute atomic E-state index is 0.00702. The predicted octanol–water partition coefficient (Wildman–Crippen LogP) is 2.56. The number of halogens is 2. The number of anilines is 2.